The van der Waals surface area contributed by atoms with Crippen LogP contribution >= 0.6 is 0 Å². The van der Waals surface area contributed by atoms with Gasteiger partial charge in [-0.25, -0.2) is 4.98 Å². The predicted molar refractivity (Wildman–Crippen MR) is 78.3 cm³/mol. The first-order chi connectivity index (χ1) is 9.74. The van der Waals surface area contributed by atoms with Crippen molar-refractivity contribution in [3.05, 3.63) is 18.2 Å². The van der Waals surface area contributed by atoms with Crippen molar-refractivity contribution in [1.82, 2.24) is 19.3 Å². The van der Waals surface area contributed by atoms with Gasteiger partial charge in [-0.05, 0) is 25.7 Å². The first-order valence-corrected chi connectivity index (χ1v) is 7.60. The van der Waals surface area contributed by atoms with Crippen LogP contribution in [0.2, 0.25) is 0 Å². The summed E-state index contributed by atoms with van der Waals surface area (Å²) in [4.78, 5) is 4.92. The molecule has 20 heavy (non-hydrogen) atoms. The Bertz CT molecular complexity index is 629. The second-order valence-electron chi connectivity index (χ2n) is 6.19. The van der Waals surface area contributed by atoms with Crippen LogP contribution < -0.4 is 5.73 Å². The molecule has 0 unspecified atom stereocenters. The number of nitrogen functional groups attached to an aromatic ring is 1. The third kappa shape index (κ3) is 1.84. The molecule has 2 aliphatic rings. The molecule has 2 aromatic heterocycles. The van der Waals surface area contributed by atoms with Crippen LogP contribution in [-0.4, -0.2) is 19.3 Å². The molecule has 0 radical (unpaired) electrons. The first-order valence-electron chi connectivity index (χ1n) is 7.60. The summed E-state index contributed by atoms with van der Waals surface area (Å²) in [6.45, 7) is 0. The van der Waals surface area contributed by atoms with Crippen molar-refractivity contribution in [2.24, 2.45) is 7.05 Å². The average molecular weight is 271 g/mol. The number of hydrogen-bond donors (Lipinski definition) is 1. The molecule has 5 heteroatoms. The lowest BCUT2D eigenvalue weighted by Gasteiger charge is -2.12. The predicted octanol–water partition coefficient (Wildman–Crippen LogP) is 2.86. The van der Waals surface area contributed by atoms with Crippen LogP contribution in [-0.2, 0) is 7.05 Å². The maximum Gasteiger partial charge on any atom is 0.132 e. The van der Waals surface area contributed by atoms with E-state index in [2.05, 4.69) is 9.67 Å². The summed E-state index contributed by atoms with van der Waals surface area (Å²) in [5.41, 5.74) is 8.37. The fourth-order valence-electron chi connectivity index (χ4n) is 3.41. The highest BCUT2D eigenvalue weighted by molar-refractivity contribution is 5.70. The molecule has 2 N–H and O–H groups in total. The van der Waals surface area contributed by atoms with Crippen molar-refractivity contribution in [3.63, 3.8) is 0 Å². The van der Waals surface area contributed by atoms with E-state index in [0.29, 0.717) is 12.0 Å². The maximum atomic E-state index is 6.42. The average Bonchev–Trinajstić information content (AvgIpc) is 2.87. The normalized spacial score (nSPS) is 19.9. The Morgan fingerprint density at radius 3 is 2.55 bits per heavy atom. The molecular weight excluding hydrogens is 250 g/mol. The van der Waals surface area contributed by atoms with E-state index in [9.17, 15) is 0 Å². The Balaban J connectivity index is 1.81. The number of nitrogens with two attached hydrogens (primary N) is 1. The summed E-state index contributed by atoms with van der Waals surface area (Å²) in [5.74, 6) is 2.66. The standard InChI is InChI=1S/C15H21N5/c1-19-9-11(8-17-19)13-14(16)20(12-6-7-12)15(18-13)10-4-2-3-5-10/h8-10,12H,2-7,16H2,1H3. The van der Waals surface area contributed by atoms with Crippen molar-refractivity contribution in [1.29, 1.82) is 0 Å². The van der Waals surface area contributed by atoms with E-state index in [1.807, 2.05) is 19.4 Å². The van der Waals surface area contributed by atoms with E-state index >= 15 is 0 Å². The minimum Gasteiger partial charge on any atom is -0.383 e. The van der Waals surface area contributed by atoms with Crippen molar-refractivity contribution < 1.29 is 0 Å². The number of rotatable bonds is 3. The van der Waals surface area contributed by atoms with Crippen LogP contribution in [0.15, 0.2) is 12.4 Å². The van der Waals surface area contributed by atoms with Gasteiger partial charge in [0.2, 0.25) is 0 Å². The van der Waals surface area contributed by atoms with Gasteiger partial charge >= 0.3 is 0 Å². The third-order valence-corrected chi connectivity index (χ3v) is 4.59. The number of aromatic nitrogens is 4. The summed E-state index contributed by atoms with van der Waals surface area (Å²) in [6, 6.07) is 0.587. The molecule has 0 saturated heterocycles. The maximum absolute atomic E-state index is 6.42. The van der Waals surface area contributed by atoms with E-state index in [4.69, 9.17) is 10.7 Å². The minimum absolute atomic E-state index is 0.587. The van der Waals surface area contributed by atoms with Gasteiger partial charge < -0.3 is 10.3 Å². The van der Waals surface area contributed by atoms with E-state index in [1.54, 1.807) is 4.68 Å². The highest BCUT2D eigenvalue weighted by Gasteiger charge is 2.33. The van der Waals surface area contributed by atoms with Gasteiger partial charge in [-0.2, -0.15) is 5.10 Å². The quantitative estimate of drug-likeness (QED) is 0.933. The molecule has 2 aliphatic carbocycles. The zero-order chi connectivity index (χ0) is 13.7. The molecule has 0 spiro atoms. The number of imidazole rings is 1. The molecule has 2 saturated carbocycles. The van der Waals surface area contributed by atoms with Gasteiger partial charge in [0.1, 0.15) is 17.3 Å². The summed E-state index contributed by atoms with van der Waals surface area (Å²) >= 11 is 0. The lowest BCUT2D eigenvalue weighted by Crippen LogP contribution is -2.08. The highest BCUT2D eigenvalue weighted by atomic mass is 15.2. The molecule has 0 amide bonds. The molecular formula is C15H21N5. The van der Waals surface area contributed by atoms with Crippen LogP contribution in [0.3, 0.4) is 0 Å². The van der Waals surface area contributed by atoms with Crippen LogP contribution in [0.25, 0.3) is 11.3 Å². The number of anilines is 1. The molecule has 106 valence electrons. The Hall–Kier alpha value is -1.78. The molecule has 0 aliphatic heterocycles. The second kappa shape index (κ2) is 4.36. The van der Waals surface area contributed by atoms with Gasteiger partial charge in [-0.1, -0.05) is 12.8 Å². The summed E-state index contributed by atoms with van der Waals surface area (Å²) in [7, 11) is 1.93. The fraction of sp³-hybridized carbons (Fsp3) is 0.600. The summed E-state index contributed by atoms with van der Waals surface area (Å²) in [6.07, 6.45) is 11.5. The van der Waals surface area contributed by atoms with E-state index in [-0.39, 0.29) is 0 Å². The Morgan fingerprint density at radius 1 is 1.20 bits per heavy atom. The number of nitrogens with zero attached hydrogens (tertiary/aromatic N) is 4. The smallest absolute Gasteiger partial charge is 0.132 e. The molecule has 2 heterocycles. The SMILES string of the molecule is Cn1cc(-c2nc(C3CCCC3)n(C3CC3)c2N)cn1. The lowest BCUT2D eigenvalue weighted by molar-refractivity contribution is 0.596. The van der Waals surface area contributed by atoms with E-state index < -0.39 is 0 Å². The van der Waals surface area contributed by atoms with Crippen LogP contribution in [0.1, 0.15) is 56.3 Å². The Morgan fingerprint density at radius 2 is 1.95 bits per heavy atom. The molecule has 0 bridgehead atoms. The summed E-state index contributed by atoms with van der Waals surface area (Å²) < 4.78 is 4.12. The molecule has 4 rings (SSSR count). The van der Waals surface area contributed by atoms with Gasteiger partial charge in [-0.15, -0.1) is 0 Å². The van der Waals surface area contributed by atoms with Crippen molar-refractivity contribution in [2.75, 3.05) is 5.73 Å². The Kier molecular flexibility index (Phi) is 2.62. The van der Waals surface area contributed by atoms with Crippen LogP contribution in [0, 0.1) is 0 Å². The van der Waals surface area contributed by atoms with Crippen LogP contribution in [0.4, 0.5) is 5.82 Å². The monoisotopic (exact) mass is 271 g/mol. The highest BCUT2D eigenvalue weighted by Crippen LogP contribution is 2.45. The third-order valence-electron chi connectivity index (χ3n) is 4.59. The van der Waals surface area contributed by atoms with E-state index in [1.165, 1.54) is 44.3 Å². The first kappa shape index (κ1) is 12.0. The molecule has 2 fully saturated rings. The molecule has 0 atom stereocenters. The van der Waals surface area contributed by atoms with Gasteiger partial charge in [-0.3, -0.25) is 4.68 Å². The minimum atomic E-state index is 0.587. The van der Waals surface area contributed by atoms with Gasteiger partial charge in [0, 0.05) is 30.8 Å². The number of hydrogen-bond acceptors (Lipinski definition) is 3. The zero-order valence-corrected chi connectivity index (χ0v) is 11.9. The van der Waals surface area contributed by atoms with E-state index in [0.717, 1.165) is 17.1 Å². The van der Waals surface area contributed by atoms with Gasteiger partial charge in [0.15, 0.2) is 0 Å². The van der Waals surface area contributed by atoms with Gasteiger partial charge in [0.05, 0.1) is 6.20 Å². The number of aryl methyl sites for hydroxylation is 1. The summed E-state index contributed by atoms with van der Waals surface area (Å²) in [5, 5.41) is 4.24. The van der Waals surface area contributed by atoms with Crippen molar-refractivity contribution in [2.45, 2.75) is 50.5 Å². The van der Waals surface area contributed by atoms with Gasteiger partial charge in [0.25, 0.3) is 0 Å². The lowest BCUT2D eigenvalue weighted by atomic mass is 10.1. The zero-order valence-electron chi connectivity index (χ0n) is 11.9. The molecule has 5 nitrogen and oxygen atoms in total. The molecule has 0 aromatic carbocycles. The Labute approximate surface area is 118 Å². The topological polar surface area (TPSA) is 61.7 Å². The van der Waals surface area contributed by atoms with Crippen molar-refractivity contribution in [3.8, 4) is 11.3 Å². The molecule has 2 aromatic rings. The van der Waals surface area contributed by atoms with Crippen molar-refractivity contribution >= 4 is 5.82 Å². The fourth-order valence-corrected chi connectivity index (χ4v) is 3.41. The van der Waals surface area contributed by atoms with Crippen LogP contribution in [0.5, 0.6) is 0 Å². The second-order valence-corrected chi connectivity index (χ2v) is 6.19. The largest absolute Gasteiger partial charge is 0.383 e.